The number of aliphatic hydroxyl groups is 1. The molecule has 3 nitrogen and oxygen atoms in total. The zero-order valence-corrected chi connectivity index (χ0v) is 12.1. The van der Waals surface area contributed by atoms with Gasteiger partial charge in [-0.05, 0) is 49.9 Å². The molecular formula is C17H23NO2. The summed E-state index contributed by atoms with van der Waals surface area (Å²) in [6.07, 6.45) is 10.2. The molecule has 20 heavy (non-hydrogen) atoms. The van der Waals surface area contributed by atoms with Gasteiger partial charge in [0, 0.05) is 6.04 Å². The van der Waals surface area contributed by atoms with Crippen molar-refractivity contribution in [1.82, 2.24) is 5.32 Å². The van der Waals surface area contributed by atoms with Gasteiger partial charge in [0.05, 0.1) is 7.11 Å². The van der Waals surface area contributed by atoms with E-state index in [-0.39, 0.29) is 6.04 Å². The average Bonchev–Trinajstić information content (AvgIpc) is 2.50. The largest absolute Gasteiger partial charge is 0.497 e. The van der Waals surface area contributed by atoms with Gasteiger partial charge in [0.2, 0.25) is 0 Å². The molecule has 3 heteroatoms. The minimum atomic E-state index is -0.974. The Morgan fingerprint density at radius 3 is 2.80 bits per heavy atom. The summed E-state index contributed by atoms with van der Waals surface area (Å²) in [4.78, 5) is 0. The predicted octanol–water partition coefficient (Wildman–Crippen LogP) is 2.13. The molecule has 1 aliphatic rings. The lowest BCUT2D eigenvalue weighted by atomic mass is 9.81. The van der Waals surface area contributed by atoms with Crippen LogP contribution in [0.3, 0.4) is 0 Å². The molecule has 0 radical (unpaired) electrons. The Morgan fingerprint density at radius 2 is 2.15 bits per heavy atom. The molecule has 0 heterocycles. The number of ether oxygens (including phenoxy) is 1. The van der Waals surface area contributed by atoms with Gasteiger partial charge in [0.15, 0.2) is 0 Å². The van der Waals surface area contributed by atoms with E-state index < -0.39 is 5.60 Å². The fourth-order valence-electron chi connectivity index (χ4n) is 2.78. The first kappa shape index (κ1) is 14.9. The highest BCUT2D eigenvalue weighted by Crippen LogP contribution is 2.27. The Morgan fingerprint density at radius 1 is 1.40 bits per heavy atom. The molecule has 2 rings (SSSR count). The van der Waals surface area contributed by atoms with E-state index in [1.54, 1.807) is 7.11 Å². The molecule has 0 aliphatic heterocycles. The summed E-state index contributed by atoms with van der Waals surface area (Å²) in [5.74, 6) is 3.44. The highest BCUT2D eigenvalue weighted by molar-refractivity contribution is 5.27. The second-order valence-corrected chi connectivity index (χ2v) is 5.42. The molecule has 0 unspecified atom stereocenters. The summed E-state index contributed by atoms with van der Waals surface area (Å²) in [6.45, 7) is 0.820. The standard InChI is InChI=1S/C17H23NO2/c1-3-17(19)12-5-4-6-16(17)18-13-11-14-7-9-15(20-2)10-8-14/h1,7-10,16,18-19H,4-6,11-13H2,2H3/t16-,17-/m0/s1. The number of benzene rings is 1. The number of hydrogen-bond acceptors (Lipinski definition) is 3. The van der Waals surface area contributed by atoms with E-state index in [4.69, 9.17) is 11.2 Å². The molecule has 1 fully saturated rings. The Kier molecular flexibility index (Phi) is 5.05. The second kappa shape index (κ2) is 6.78. The smallest absolute Gasteiger partial charge is 0.140 e. The van der Waals surface area contributed by atoms with Gasteiger partial charge in [0.1, 0.15) is 11.4 Å². The molecule has 108 valence electrons. The molecular weight excluding hydrogens is 250 g/mol. The molecule has 0 spiro atoms. The Labute approximate surface area is 121 Å². The molecule has 1 saturated carbocycles. The lowest BCUT2D eigenvalue weighted by Gasteiger charge is -2.36. The first-order valence-corrected chi connectivity index (χ1v) is 7.24. The van der Waals surface area contributed by atoms with Crippen molar-refractivity contribution in [3.05, 3.63) is 29.8 Å². The third-order valence-electron chi connectivity index (χ3n) is 4.09. The SMILES string of the molecule is C#C[C@]1(O)CCCC[C@@H]1NCCc1ccc(OC)cc1. The Balaban J connectivity index is 1.84. The molecule has 1 aromatic rings. The van der Waals surface area contributed by atoms with Crippen LogP contribution >= 0.6 is 0 Å². The third kappa shape index (κ3) is 3.53. The van der Waals surface area contributed by atoms with Crippen LogP contribution < -0.4 is 10.1 Å². The summed E-state index contributed by atoms with van der Waals surface area (Å²) < 4.78 is 5.14. The van der Waals surface area contributed by atoms with E-state index in [0.29, 0.717) is 6.42 Å². The lowest BCUT2D eigenvalue weighted by Crippen LogP contribution is -2.52. The summed E-state index contributed by atoms with van der Waals surface area (Å²) in [5, 5.41) is 13.8. The highest BCUT2D eigenvalue weighted by Gasteiger charge is 2.36. The van der Waals surface area contributed by atoms with E-state index in [1.165, 1.54) is 5.56 Å². The maximum atomic E-state index is 10.4. The van der Waals surface area contributed by atoms with Crippen LogP contribution in [0.1, 0.15) is 31.2 Å². The normalized spacial score (nSPS) is 25.9. The quantitative estimate of drug-likeness (QED) is 0.808. The van der Waals surface area contributed by atoms with E-state index in [1.807, 2.05) is 12.1 Å². The topological polar surface area (TPSA) is 41.5 Å². The molecule has 0 saturated heterocycles. The zero-order chi connectivity index (χ0) is 14.4. The van der Waals surface area contributed by atoms with Crippen molar-refractivity contribution in [3.63, 3.8) is 0 Å². The van der Waals surface area contributed by atoms with Crippen LogP contribution in [-0.2, 0) is 6.42 Å². The van der Waals surface area contributed by atoms with Crippen molar-refractivity contribution < 1.29 is 9.84 Å². The van der Waals surface area contributed by atoms with Crippen molar-refractivity contribution >= 4 is 0 Å². The van der Waals surface area contributed by atoms with Gasteiger partial charge < -0.3 is 15.2 Å². The zero-order valence-electron chi connectivity index (χ0n) is 12.1. The van der Waals surface area contributed by atoms with Crippen molar-refractivity contribution in [3.8, 4) is 18.1 Å². The Bertz CT molecular complexity index is 463. The van der Waals surface area contributed by atoms with Crippen LogP contribution in [0.4, 0.5) is 0 Å². The summed E-state index contributed by atoms with van der Waals surface area (Å²) in [6, 6.07) is 8.07. The number of terminal acetylenes is 1. The van der Waals surface area contributed by atoms with E-state index >= 15 is 0 Å². The first-order chi connectivity index (χ1) is 9.68. The van der Waals surface area contributed by atoms with Crippen molar-refractivity contribution in [1.29, 1.82) is 0 Å². The van der Waals surface area contributed by atoms with E-state index in [0.717, 1.165) is 38.0 Å². The molecule has 0 aromatic heterocycles. The van der Waals surface area contributed by atoms with Crippen LogP contribution in [0.15, 0.2) is 24.3 Å². The minimum absolute atomic E-state index is 0.0134. The van der Waals surface area contributed by atoms with Gasteiger partial charge in [-0.3, -0.25) is 0 Å². The van der Waals surface area contributed by atoms with Gasteiger partial charge in [-0.15, -0.1) is 6.42 Å². The predicted molar refractivity (Wildman–Crippen MR) is 80.7 cm³/mol. The maximum Gasteiger partial charge on any atom is 0.140 e. The van der Waals surface area contributed by atoms with Gasteiger partial charge in [-0.2, -0.15) is 0 Å². The van der Waals surface area contributed by atoms with Crippen LogP contribution in [0.2, 0.25) is 0 Å². The van der Waals surface area contributed by atoms with Gasteiger partial charge in [-0.1, -0.05) is 24.5 Å². The van der Waals surface area contributed by atoms with Crippen molar-refractivity contribution in [2.24, 2.45) is 0 Å². The molecule has 0 amide bonds. The average molecular weight is 273 g/mol. The lowest BCUT2D eigenvalue weighted by molar-refractivity contribution is 0.0265. The summed E-state index contributed by atoms with van der Waals surface area (Å²) >= 11 is 0. The minimum Gasteiger partial charge on any atom is -0.497 e. The van der Waals surface area contributed by atoms with Crippen LogP contribution in [0.25, 0.3) is 0 Å². The number of methoxy groups -OCH3 is 1. The Hall–Kier alpha value is -1.50. The van der Waals surface area contributed by atoms with E-state index in [2.05, 4.69) is 23.4 Å². The highest BCUT2D eigenvalue weighted by atomic mass is 16.5. The third-order valence-corrected chi connectivity index (χ3v) is 4.09. The first-order valence-electron chi connectivity index (χ1n) is 7.24. The van der Waals surface area contributed by atoms with Gasteiger partial charge in [0.25, 0.3) is 0 Å². The van der Waals surface area contributed by atoms with Crippen LogP contribution in [-0.4, -0.2) is 30.4 Å². The molecule has 0 bridgehead atoms. The fraction of sp³-hybridized carbons (Fsp3) is 0.529. The van der Waals surface area contributed by atoms with Crippen molar-refractivity contribution in [2.45, 2.75) is 43.7 Å². The number of nitrogens with one attached hydrogen (secondary N) is 1. The maximum absolute atomic E-state index is 10.4. The van der Waals surface area contributed by atoms with Gasteiger partial charge >= 0.3 is 0 Å². The van der Waals surface area contributed by atoms with Crippen LogP contribution in [0.5, 0.6) is 5.75 Å². The monoisotopic (exact) mass is 273 g/mol. The van der Waals surface area contributed by atoms with Crippen molar-refractivity contribution in [2.75, 3.05) is 13.7 Å². The number of rotatable bonds is 5. The van der Waals surface area contributed by atoms with Gasteiger partial charge in [-0.25, -0.2) is 0 Å². The van der Waals surface area contributed by atoms with E-state index in [9.17, 15) is 5.11 Å². The summed E-state index contributed by atoms with van der Waals surface area (Å²) in [7, 11) is 1.67. The molecule has 1 aliphatic carbocycles. The fourth-order valence-corrected chi connectivity index (χ4v) is 2.78. The molecule has 1 aromatic carbocycles. The summed E-state index contributed by atoms with van der Waals surface area (Å²) in [5.41, 5.74) is 0.274. The van der Waals surface area contributed by atoms with Crippen LogP contribution in [0, 0.1) is 12.3 Å². The second-order valence-electron chi connectivity index (χ2n) is 5.42. The number of hydrogen-bond donors (Lipinski definition) is 2. The molecule has 2 atom stereocenters. The molecule has 2 N–H and O–H groups in total.